The SMILES string of the molecule is Cc1cc(OC(C)c2nnc(SCC(=O)Nc3cccc(Cl)c3Cl)n2C)ccc1Cl. The van der Waals surface area contributed by atoms with Crippen LogP contribution in [0.3, 0.4) is 0 Å². The Hall–Kier alpha value is -1.93. The summed E-state index contributed by atoms with van der Waals surface area (Å²) in [5.41, 5.74) is 1.40. The molecule has 6 nitrogen and oxygen atoms in total. The highest BCUT2D eigenvalue weighted by Gasteiger charge is 2.18. The van der Waals surface area contributed by atoms with E-state index >= 15 is 0 Å². The molecule has 30 heavy (non-hydrogen) atoms. The minimum Gasteiger partial charge on any atom is -0.483 e. The van der Waals surface area contributed by atoms with Gasteiger partial charge in [0.2, 0.25) is 5.91 Å². The van der Waals surface area contributed by atoms with Gasteiger partial charge in [-0.05, 0) is 49.7 Å². The number of aromatic nitrogens is 3. The highest BCUT2D eigenvalue weighted by molar-refractivity contribution is 7.99. The smallest absolute Gasteiger partial charge is 0.234 e. The lowest BCUT2D eigenvalue weighted by Gasteiger charge is -2.15. The number of nitrogens with zero attached hydrogens (tertiary/aromatic N) is 3. The molecule has 0 bridgehead atoms. The number of hydrogen-bond acceptors (Lipinski definition) is 5. The summed E-state index contributed by atoms with van der Waals surface area (Å²) in [7, 11) is 1.83. The lowest BCUT2D eigenvalue weighted by Crippen LogP contribution is -2.15. The van der Waals surface area contributed by atoms with Gasteiger partial charge in [-0.25, -0.2) is 0 Å². The molecular weight excluding hydrogens is 467 g/mol. The summed E-state index contributed by atoms with van der Waals surface area (Å²) in [5.74, 6) is 1.25. The number of nitrogens with one attached hydrogen (secondary N) is 1. The summed E-state index contributed by atoms with van der Waals surface area (Å²) in [6.45, 7) is 3.80. The van der Waals surface area contributed by atoms with E-state index in [4.69, 9.17) is 39.5 Å². The molecule has 1 heterocycles. The van der Waals surface area contributed by atoms with Crippen LogP contribution in [-0.2, 0) is 11.8 Å². The molecule has 0 saturated heterocycles. The van der Waals surface area contributed by atoms with Crippen molar-refractivity contribution in [2.45, 2.75) is 25.1 Å². The largest absolute Gasteiger partial charge is 0.483 e. The number of carbonyl (C=O) groups excluding carboxylic acids is 1. The molecule has 0 fully saturated rings. The number of hydrogen-bond donors (Lipinski definition) is 1. The van der Waals surface area contributed by atoms with Crippen LogP contribution in [0.25, 0.3) is 0 Å². The van der Waals surface area contributed by atoms with Crippen LogP contribution >= 0.6 is 46.6 Å². The van der Waals surface area contributed by atoms with E-state index in [1.165, 1.54) is 11.8 Å². The predicted molar refractivity (Wildman–Crippen MR) is 122 cm³/mol. The summed E-state index contributed by atoms with van der Waals surface area (Å²) in [5, 5.41) is 13.1. The van der Waals surface area contributed by atoms with Gasteiger partial charge in [-0.1, -0.05) is 52.6 Å². The van der Waals surface area contributed by atoms with Gasteiger partial charge in [0.05, 0.1) is 21.5 Å². The quantitative estimate of drug-likeness (QED) is 0.418. The fraction of sp³-hybridized carbons (Fsp3) is 0.250. The average molecular weight is 486 g/mol. The number of ether oxygens (including phenoxy) is 1. The van der Waals surface area contributed by atoms with Crippen LogP contribution in [0.4, 0.5) is 5.69 Å². The maximum absolute atomic E-state index is 12.3. The molecule has 3 aromatic rings. The van der Waals surface area contributed by atoms with E-state index in [0.29, 0.717) is 37.5 Å². The Kier molecular flexibility index (Phi) is 7.52. The van der Waals surface area contributed by atoms with Gasteiger partial charge in [0.15, 0.2) is 17.1 Å². The van der Waals surface area contributed by atoms with Gasteiger partial charge in [0.25, 0.3) is 0 Å². The summed E-state index contributed by atoms with van der Waals surface area (Å²) in [6, 6.07) is 10.5. The molecule has 0 aliphatic rings. The molecule has 0 saturated carbocycles. The molecule has 0 aliphatic heterocycles. The van der Waals surface area contributed by atoms with E-state index < -0.39 is 0 Å². The Labute approximate surface area is 193 Å². The summed E-state index contributed by atoms with van der Waals surface area (Å²) < 4.78 is 7.76. The van der Waals surface area contributed by atoms with Gasteiger partial charge in [-0.15, -0.1) is 10.2 Å². The van der Waals surface area contributed by atoms with Crippen LogP contribution in [0.15, 0.2) is 41.6 Å². The van der Waals surface area contributed by atoms with E-state index in [1.54, 1.807) is 28.8 Å². The lowest BCUT2D eigenvalue weighted by molar-refractivity contribution is -0.113. The van der Waals surface area contributed by atoms with Crippen LogP contribution in [0.2, 0.25) is 15.1 Å². The van der Waals surface area contributed by atoms with Gasteiger partial charge in [0, 0.05) is 12.1 Å². The van der Waals surface area contributed by atoms with E-state index in [1.807, 2.05) is 33.0 Å². The number of carbonyl (C=O) groups is 1. The van der Waals surface area contributed by atoms with Crippen molar-refractivity contribution in [2.24, 2.45) is 7.05 Å². The number of aryl methyl sites for hydroxylation is 1. The fourth-order valence-corrected chi connectivity index (χ4v) is 3.85. The van der Waals surface area contributed by atoms with Crippen LogP contribution in [-0.4, -0.2) is 26.4 Å². The van der Waals surface area contributed by atoms with Gasteiger partial charge in [-0.2, -0.15) is 0 Å². The van der Waals surface area contributed by atoms with Crippen molar-refractivity contribution >= 4 is 58.2 Å². The highest BCUT2D eigenvalue weighted by atomic mass is 35.5. The van der Waals surface area contributed by atoms with Crippen LogP contribution in [0.5, 0.6) is 5.75 Å². The zero-order valence-corrected chi connectivity index (χ0v) is 19.5. The van der Waals surface area contributed by atoms with Crippen molar-refractivity contribution in [1.29, 1.82) is 0 Å². The third-order valence-corrected chi connectivity index (χ3v) is 6.50. The second-order valence-electron chi connectivity index (χ2n) is 6.51. The Morgan fingerprint density at radius 1 is 1.20 bits per heavy atom. The van der Waals surface area contributed by atoms with E-state index in [-0.39, 0.29) is 17.8 Å². The zero-order chi connectivity index (χ0) is 21.8. The molecule has 1 unspecified atom stereocenters. The molecule has 1 aromatic heterocycles. The maximum Gasteiger partial charge on any atom is 0.234 e. The molecule has 0 aliphatic carbocycles. The number of amides is 1. The van der Waals surface area contributed by atoms with Crippen molar-refractivity contribution in [3.8, 4) is 5.75 Å². The van der Waals surface area contributed by atoms with Gasteiger partial charge >= 0.3 is 0 Å². The summed E-state index contributed by atoms with van der Waals surface area (Å²) in [6.07, 6.45) is -0.337. The minimum absolute atomic E-state index is 0.139. The van der Waals surface area contributed by atoms with Gasteiger partial charge < -0.3 is 14.6 Å². The molecular formula is C20H19Cl3N4O2S. The molecule has 1 amide bonds. The standard InChI is InChI=1S/C20H19Cl3N4O2S/c1-11-9-13(7-8-14(11)21)29-12(2)19-25-26-20(27(19)3)30-10-17(28)24-16-6-4-5-15(22)18(16)23/h4-9,12H,10H2,1-3H3,(H,24,28). The van der Waals surface area contributed by atoms with Crippen LogP contribution in [0.1, 0.15) is 24.4 Å². The van der Waals surface area contributed by atoms with E-state index in [2.05, 4.69) is 15.5 Å². The third-order valence-electron chi connectivity index (χ3n) is 4.23. The molecule has 0 radical (unpaired) electrons. The maximum atomic E-state index is 12.3. The zero-order valence-electron chi connectivity index (χ0n) is 16.4. The van der Waals surface area contributed by atoms with Gasteiger partial charge in [0.1, 0.15) is 5.75 Å². The van der Waals surface area contributed by atoms with Crippen molar-refractivity contribution in [2.75, 3.05) is 11.1 Å². The molecule has 1 N–H and O–H groups in total. The predicted octanol–water partition coefficient (Wildman–Crippen LogP) is 5.95. The summed E-state index contributed by atoms with van der Waals surface area (Å²) in [4.78, 5) is 12.3. The Morgan fingerprint density at radius 3 is 2.70 bits per heavy atom. The molecule has 1 atom stereocenters. The molecule has 10 heteroatoms. The Balaban J connectivity index is 1.61. The highest BCUT2D eigenvalue weighted by Crippen LogP contribution is 2.30. The Bertz CT molecular complexity index is 1070. The molecule has 2 aromatic carbocycles. The molecule has 158 valence electrons. The Morgan fingerprint density at radius 2 is 1.97 bits per heavy atom. The number of rotatable bonds is 7. The van der Waals surface area contributed by atoms with E-state index in [9.17, 15) is 4.79 Å². The lowest BCUT2D eigenvalue weighted by atomic mass is 10.2. The first-order chi connectivity index (χ1) is 14.3. The van der Waals surface area contributed by atoms with Crippen LogP contribution < -0.4 is 10.1 Å². The second kappa shape index (κ2) is 9.92. The van der Waals surface area contributed by atoms with E-state index in [0.717, 1.165) is 5.56 Å². The van der Waals surface area contributed by atoms with Crippen molar-refractivity contribution < 1.29 is 9.53 Å². The van der Waals surface area contributed by atoms with Crippen molar-refractivity contribution in [3.05, 3.63) is 62.9 Å². The van der Waals surface area contributed by atoms with Crippen molar-refractivity contribution in [3.63, 3.8) is 0 Å². The van der Waals surface area contributed by atoms with Crippen molar-refractivity contribution in [1.82, 2.24) is 14.8 Å². The summed E-state index contributed by atoms with van der Waals surface area (Å²) >= 11 is 19.4. The monoisotopic (exact) mass is 484 g/mol. The number of thioether (sulfide) groups is 1. The van der Waals surface area contributed by atoms with Crippen LogP contribution in [0, 0.1) is 6.92 Å². The van der Waals surface area contributed by atoms with Gasteiger partial charge in [-0.3, -0.25) is 4.79 Å². The number of anilines is 1. The topological polar surface area (TPSA) is 69.0 Å². The molecule has 0 spiro atoms. The second-order valence-corrected chi connectivity index (χ2v) is 8.64. The first-order valence-corrected chi connectivity index (χ1v) is 11.1. The number of halogens is 3. The average Bonchev–Trinajstić information content (AvgIpc) is 3.07. The fourth-order valence-electron chi connectivity index (χ4n) is 2.67. The number of benzene rings is 2. The minimum atomic E-state index is -0.337. The third kappa shape index (κ3) is 5.40. The molecule has 3 rings (SSSR count). The first-order valence-electron chi connectivity index (χ1n) is 8.95. The first kappa shape index (κ1) is 22.7. The normalized spacial score (nSPS) is 11.9.